The molecule has 0 fully saturated rings. The molecule has 0 aromatic heterocycles. The van der Waals surface area contributed by atoms with E-state index in [9.17, 15) is 4.79 Å². The van der Waals surface area contributed by atoms with E-state index in [4.69, 9.17) is 4.74 Å². The Balaban J connectivity index is 1.69. The molecule has 2 N–H and O–H groups in total. The Morgan fingerprint density at radius 1 is 1.42 bits per heavy atom. The van der Waals surface area contributed by atoms with Crippen molar-refractivity contribution in [1.82, 2.24) is 10.6 Å². The van der Waals surface area contributed by atoms with Gasteiger partial charge in [-0.25, -0.2) is 0 Å². The van der Waals surface area contributed by atoms with Crippen molar-refractivity contribution in [1.29, 1.82) is 0 Å². The predicted octanol–water partition coefficient (Wildman–Crippen LogP) is 1.67. The highest BCUT2D eigenvalue weighted by Crippen LogP contribution is 2.32. The molecular weight excluding hydrogens is 240 g/mol. The van der Waals surface area contributed by atoms with Crippen molar-refractivity contribution in [3.8, 4) is 5.75 Å². The van der Waals surface area contributed by atoms with Gasteiger partial charge in [0.05, 0.1) is 6.61 Å². The fraction of sp³-hybridized carbons (Fsp3) is 0.533. The van der Waals surface area contributed by atoms with Crippen LogP contribution < -0.4 is 15.4 Å². The summed E-state index contributed by atoms with van der Waals surface area (Å²) in [4.78, 5) is 11.5. The fourth-order valence-electron chi connectivity index (χ4n) is 2.27. The fourth-order valence-corrected chi connectivity index (χ4v) is 2.27. The van der Waals surface area contributed by atoms with Crippen LogP contribution in [0.2, 0.25) is 0 Å². The minimum Gasteiger partial charge on any atom is -0.493 e. The van der Waals surface area contributed by atoms with Crippen molar-refractivity contribution >= 4 is 5.91 Å². The van der Waals surface area contributed by atoms with E-state index < -0.39 is 0 Å². The van der Waals surface area contributed by atoms with E-state index in [-0.39, 0.29) is 11.9 Å². The monoisotopic (exact) mass is 262 g/mol. The largest absolute Gasteiger partial charge is 0.493 e. The summed E-state index contributed by atoms with van der Waals surface area (Å²) >= 11 is 0. The number of nitrogens with one attached hydrogen (secondary N) is 2. The normalized spacial score (nSPS) is 17.1. The van der Waals surface area contributed by atoms with Crippen LogP contribution in [0.1, 0.15) is 31.7 Å². The van der Waals surface area contributed by atoms with Crippen LogP contribution in [-0.4, -0.2) is 31.6 Å². The third-order valence-electron chi connectivity index (χ3n) is 3.17. The van der Waals surface area contributed by atoms with Gasteiger partial charge in [-0.2, -0.15) is 0 Å². The molecule has 0 spiro atoms. The third kappa shape index (κ3) is 3.96. The molecule has 0 bridgehead atoms. The molecule has 1 heterocycles. The van der Waals surface area contributed by atoms with E-state index in [0.717, 1.165) is 18.9 Å². The molecule has 104 valence electrons. The van der Waals surface area contributed by atoms with Crippen LogP contribution in [0.25, 0.3) is 0 Å². The Labute approximate surface area is 114 Å². The second kappa shape index (κ2) is 6.57. The quantitative estimate of drug-likeness (QED) is 0.767. The number of ether oxygens (including phenoxy) is 1. The van der Waals surface area contributed by atoms with Crippen LogP contribution in [0.4, 0.5) is 0 Å². The Morgan fingerprint density at radius 2 is 2.21 bits per heavy atom. The summed E-state index contributed by atoms with van der Waals surface area (Å²) in [5, 5.41) is 6.21. The van der Waals surface area contributed by atoms with Crippen LogP contribution in [-0.2, 0) is 4.79 Å². The van der Waals surface area contributed by atoms with Gasteiger partial charge in [0, 0.05) is 37.0 Å². The van der Waals surface area contributed by atoms with Crippen molar-refractivity contribution in [3.05, 3.63) is 29.8 Å². The molecular formula is C15H22N2O2. The average molecular weight is 262 g/mol. The standard InChI is InChI=1S/C15H22N2O2/c1-11(2)17-15(18)7-8-16-9-12-10-19-14-6-4-3-5-13(12)14/h3-6,11-12,16H,7-10H2,1-2H3,(H,17,18). The van der Waals surface area contributed by atoms with Gasteiger partial charge in [-0.3, -0.25) is 4.79 Å². The summed E-state index contributed by atoms with van der Waals surface area (Å²) in [6.07, 6.45) is 0.521. The van der Waals surface area contributed by atoms with E-state index in [0.29, 0.717) is 18.9 Å². The highest BCUT2D eigenvalue weighted by atomic mass is 16.5. The first-order valence-corrected chi connectivity index (χ1v) is 6.88. The molecule has 0 aliphatic carbocycles. The van der Waals surface area contributed by atoms with Gasteiger partial charge >= 0.3 is 0 Å². The number of benzene rings is 1. The first-order chi connectivity index (χ1) is 9.16. The van der Waals surface area contributed by atoms with Crippen LogP contribution in [0, 0.1) is 0 Å². The zero-order chi connectivity index (χ0) is 13.7. The maximum atomic E-state index is 11.5. The van der Waals surface area contributed by atoms with Gasteiger partial charge in [0.2, 0.25) is 5.91 Å². The lowest BCUT2D eigenvalue weighted by Crippen LogP contribution is -2.33. The van der Waals surface area contributed by atoms with Gasteiger partial charge < -0.3 is 15.4 Å². The summed E-state index contributed by atoms with van der Waals surface area (Å²) in [6, 6.07) is 8.36. The van der Waals surface area contributed by atoms with E-state index in [2.05, 4.69) is 16.7 Å². The molecule has 0 saturated carbocycles. The van der Waals surface area contributed by atoms with Gasteiger partial charge in [-0.1, -0.05) is 18.2 Å². The Morgan fingerprint density at radius 3 is 3.00 bits per heavy atom. The van der Waals surface area contributed by atoms with Gasteiger partial charge in [-0.05, 0) is 19.9 Å². The van der Waals surface area contributed by atoms with Crippen LogP contribution >= 0.6 is 0 Å². The number of carbonyl (C=O) groups excluding carboxylic acids is 1. The highest BCUT2D eigenvalue weighted by molar-refractivity contribution is 5.76. The molecule has 0 saturated heterocycles. The lowest BCUT2D eigenvalue weighted by Gasteiger charge is -2.11. The Bertz CT molecular complexity index is 432. The maximum Gasteiger partial charge on any atom is 0.221 e. The van der Waals surface area contributed by atoms with Crippen molar-refractivity contribution in [3.63, 3.8) is 0 Å². The number of amides is 1. The van der Waals surface area contributed by atoms with Gasteiger partial charge in [0.15, 0.2) is 0 Å². The molecule has 4 nitrogen and oxygen atoms in total. The highest BCUT2D eigenvalue weighted by Gasteiger charge is 2.22. The molecule has 1 aromatic rings. The van der Waals surface area contributed by atoms with Gasteiger partial charge in [0.25, 0.3) is 0 Å². The third-order valence-corrected chi connectivity index (χ3v) is 3.17. The second-order valence-electron chi connectivity index (χ2n) is 5.22. The molecule has 19 heavy (non-hydrogen) atoms. The van der Waals surface area contributed by atoms with Gasteiger partial charge in [0.1, 0.15) is 5.75 Å². The summed E-state index contributed by atoms with van der Waals surface area (Å²) in [5.41, 5.74) is 1.27. The molecule has 1 atom stereocenters. The lowest BCUT2D eigenvalue weighted by molar-refractivity contribution is -0.121. The number of hydrogen-bond donors (Lipinski definition) is 2. The van der Waals surface area contributed by atoms with Crippen molar-refractivity contribution in [2.75, 3.05) is 19.7 Å². The van der Waals surface area contributed by atoms with Crippen molar-refractivity contribution < 1.29 is 9.53 Å². The van der Waals surface area contributed by atoms with Crippen LogP contribution in [0.3, 0.4) is 0 Å². The predicted molar refractivity (Wildman–Crippen MR) is 75.4 cm³/mol. The molecule has 1 unspecified atom stereocenters. The molecule has 1 amide bonds. The van der Waals surface area contributed by atoms with E-state index in [1.165, 1.54) is 5.56 Å². The molecule has 1 aromatic carbocycles. The van der Waals surface area contributed by atoms with Gasteiger partial charge in [-0.15, -0.1) is 0 Å². The Hall–Kier alpha value is -1.55. The zero-order valence-corrected chi connectivity index (χ0v) is 11.6. The number of rotatable bonds is 6. The van der Waals surface area contributed by atoms with E-state index in [1.807, 2.05) is 32.0 Å². The summed E-state index contributed by atoms with van der Waals surface area (Å²) in [5.74, 6) is 1.49. The van der Waals surface area contributed by atoms with Crippen molar-refractivity contribution in [2.24, 2.45) is 0 Å². The first-order valence-electron chi connectivity index (χ1n) is 6.88. The molecule has 0 radical (unpaired) electrons. The summed E-state index contributed by atoms with van der Waals surface area (Å²) in [7, 11) is 0. The molecule has 2 rings (SSSR count). The van der Waals surface area contributed by atoms with E-state index in [1.54, 1.807) is 0 Å². The van der Waals surface area contributed by atoms with E-state index >= 15 is 0 Å². The zero-order valence-electron chi connectivity index (χ0n) is 11.6. The minimum absolute atomic E-state index is 0.102. The minimum atomic E-state index is 0.102. The number of carbonyl (C=O) groups is 1. The first kappa shape index (κ1) is 13.9. The topological polar surface area (TPSA) is 50.4 Å². The second-order valence-corrected chi connectivity index (χ2v) is 5.22. The SMILES string of the molecule is CC(C)NC(=O)CCNCC1COc2ccccc21. The molecule has 4 heteroatoms. The van der Waals surface area contributed by atoms with Crippen LogP contribution in [0.15, 0.2) is 24.3 Å². The summed E-state index contributed by atoms with van der Waals surface area (Å²) in [6.45, 7) is 6.23. The average Bonchev–Trinajstić information content (AvgIpc) is 2.77. The molecule has 1 aliphatic heterocycles. The van der Waals surface area contributed by atoms with Crippen molar-refractivity contribution in [2.45, 2.75) is 32.2 Å². The number of hydrogen-bond acceptors (Lipinski definition) is 3. The number of para-hydroxylation sites is 1. The Kier molecular flexibility index (Phi) is 4.80. The maximum absolute atomic E-state index is 11.5. The molecule has 1 aliphatic rings. The lowest BCUT2D eigenvalue weighted by atomic mass is 10.0. The summed E-state index contributed by atoms with van der Waals surface area (Å²) < 4.78 is 5.62. The smallest absolute Gasteiger partial charge is 0.221 e. The van der Waals surface area contributed by atoms with Crippen LogP contribution in [0.5, 0.6) is 5.75 Å². The number of fused-ring (bicyclic) bond motifs is 1.